The second-order valence-electron chi connectivity index (χ2n) is 6.63. The van der Waals surface area contributed by atoms with E-state index in [1.165, 1.54) is 17.0 Å². The number of hydrogen-bond acceptors (Lipinski definition) is 2. The van der Waals surface area contributed by atoms with Gasteiger partial charge in [-0.05, 0) is 23.1 Å². The van der Waals surface area contributed by atoms with Crippen LogP contribution >= 0.6 is 0 Å². The normalized spacial score (nSPS) is 17.0. The topological polar surface area (TPSA) is 60.9 Å². The molecule has 0 radical (unpaired) electrons. The van der Waals surface area contributed by atoms with Crippen molar-refractivity contribution in [3.63, 3.8) is 0 Å². The number of carboxylic acid groups (broad SMARTS) is 1. The van der Waals surface area contributed by atoms with E-state index in [9.17, 15) is 19.1 Å². The van der Waals surface area contributed by atoms with Gasteiger partial charge in [0.1, 0.15) is 11.9 Å². The van der Waals surface area contributed by atoms with Crippen LogP contribution in [0.5, 0.6) is 0 Å². The van der Waals surface area contributed by atoms with Gasteiger partial charge in [-0.15, -0.1) is 0 Å². The van der Waals surface area contributed by atoms with Gasteiger partial charge in [-0.25, -0.2) is 14.0 Å². The van der Waals surface area contributed by atoms with Crippen LogP contribution in [0.2, 0.25) is 0 Å². The maximum Gasteiger partial charge on any atom is 0.327 e. The summed E-state index contributed by atoms with van der Waals surface area (Å²) in [5.74, 6) is -1.35. The number of benzene rings is 1. The molecule has 0 spiro atoms. The summed E-state index contributed by atoms with van der Waals surface area (Å²) in [7, 11) is 0. The molecule has 1 N–H and O–H groups in total. The van der Waals surface area contributed by atoms with Crippen molar-refractivity contribution in [3.8, 4) is 0 Å². The average molecular weight is 308 g/mol. The van der Waals surface area contributed by atoms with Crippen molar-refractivity contribution in [2.24, 2.45) is 5.41 Å². The minimum absolute atomic E-state index is 0.281. The molecule has 6 heteroatoms. The number of urea groups is 1. The van der Waals surface area contributed by atoms with Gasteiger partial charge in [-0.2, -0.15) is 0 Å². The van der Waals surface area contributed by atoms with Gasteiger partial charge in [0.2, 0.25) is 0 Å². The largest absolute Gasteiger partial charge is 0.480 e. The zero-order valence-electron chi connectivity index (χ0n) is 13.0. The lowest BCUT2D eigenvalue weighted by Crippen LogP contribution is -2.50. The molecule has 1 aromatic carbocycles. The van der Waals surface area contributed by atoms with Crippen LogP contribution in [-0.2, 0) is 11.3 Å². The van der Waals surface area contributed by atoms with Crippen LogP contribution < -0.4 is 0 Å². The SMILES string of the molecule is CC(C)(C)C(C(=O)O)N1CCN(Cc2cccc(F)c2)C1=O. The Bertz CT molecular complexity index is 583. The van der Waals surface area contributed by atoms with E-state index in [4.69, 9.17) is 0 Å². The molecule has 1 fully saturated rings. The Morgan fingerprint density at radius 3 is 2.59 bits per heavy atom. The lowest BCUT2D eigenvalue weighted by atomic mass is 9.86. The van der Waals surface area contributed by atoms with Crippen molar-refractivity contribution in [2.75, 3.05) is 13.1 Å². The number of amides is 2. The molecule has 1 aromatic rings. The summed E-state index contributed by atoms with van der Waals surface area (Å²) < 4.78 is 13.2. The Balaban J connectivity index is 2.14. The van der Waals surface area contributed by atoms with Crippen LogP contribution in [0.25, 0.3) is 0 Å². The lowest BCUT2D eigenvalue weighted by molar-refractivity contribution is -0.145. The Kier molecular flexibility index (Phi) is 4.39. The molecule has 1 aliphatic rings. The highest BCUT2D eigenvalue weighted by Crippen LogP contribution is 2.28. The van der Waals surface area contributed by atoms with Crippen molar-refractivity contribution in [2.45, 2.75) is 33.4 Å². The number of hydrogen-bond donors (Lipinski definition) is 1. The van der Waals surface area contributed by atoms with E-state index in [-0.39, 0.29) is 18.4 Å². The highest BCUT2D eigenvalue weighted by Gasteiger charge is 2.43. The first-order valence-corrected chi connectivity index (χ1v) is 7.23. The van der Waals surface area contributed by atoms with Crippen molar-refractivity contribution >= 4 is 12.0 Å². The van der Waals surface area contributed by atoms with Gasteiger partial charge in [-0.1, -0.05) is 32.9 Å². The molecule has 0 aromatic heterocycles. The molecule has 1 unspecified atom stereocenters. The molecule has 0 aliphatic carbocycles. The van der Waals surface area contributed by atoms with Gasteiger partial charge in [0.15, 0.2) is 0 Å². The highest BCUT2D eigenvalue weighted by atomic mass is 19.1. The predicted octanol–water partition coefficient (Wildman–Crippen LogP) is 2.56. The van der Waals surface area contributed by atoms with Crippen molar-refractivity contribution in [3.05, 3.63) is 35.6 Å². The number of carbonyl (C=O) groups is 2. The molecule has 0 bridgehead atoms. The maximum absolute atomic E-state index is 13.2. The number of carbonyl (C=O) groups excluding carboxylic acids is 1. The van der Waals surface area contributed by atoms with E-state index >= 15 is 0 Å². The van der Waals surface area contributed by atoms with Crippen molar-refractivity contribution < 1.29 is 19.1 Å². The lowest BCUT2D eigenvalue weighted by Gasteiger charge is -2.34. The number of nitrogens with zero attached hydrogens (tertiary/aromatic N) is 2. The molecular weight excluding hydrogens is 287 g/mol. The molecule has 1 heterocycles. The van der Waals surface area contributed by atoms with Crippen LogP contribution in [0.3, 0.4) is 0 Å². The molecule has 2 amide bonds. The van der Waals surface area contributed by atoms with Gasteiger partial charge < -0.3 is 14.9 Å². The van der Waals surface area contributed by atoms with Crippen LogP contribution in [0.4, 0.5) is 9.18 Å². The molecule has 1 aliphatic heterocycles. The number of aliphatic carboxylic acids is 1. The average Bonchev–Trinajstić information content (AvgIpc) is 2.70. The van der Waals surface area contributed by atoms with Crippen LogP contribution in [-0.4, -0.2) is 46.0 Å². The molecule has 5 nitrogen and oxygen atoms in total. The smallest absolute Gasteiger partial charge is 0.327 e. The van der Waals surface area contributed by atoms with E-state index in [2.05, 4.69) is 0 Å². The second kappa shape index (κ2) is 5.94. The predicted molar refractivity (Wildman–Crippen MR) is 79.8 cm³/mol. The molecule has 1 saturated heterocycles. The standard InChI is InChI=1S/C16H21FN2O3/c1-16(2,3)13(14(20)21)19-8-7-18(15(19)22)10-11-5-4-6-12(17)9-11/h4-6,9,13H,7-8,10H2,1-3H3,(H,20,21). The van der Waals surface area contributed by atoms with E-state index in [0.29, 0.717) is 18.7 Å². The monoisotopic (exact) mass is 308 g/mol. The summed E-state index contributed by atoms with van der Waals surface area (Å²) in [6.45, 7) is 6.48. The molecule has 2 rings (SSSR count). The first-order chi connectivity index (χ1) is 10.2. The van der Waals surface area contributed by atoms with Crippen LogP contribution in [0.1, 0.15) is 26.3 Å². The van der Waals surface area contributed by atoms with Gasteiger partial charge in [-0.3, -0.25) is 0 Å². The Morgan fingerprint density at radius 2 is 2.05 bits per heavy atom. The van der Waals surface area contributed by atoms with E-state index in [1.807, 2.05) is 0 Å². The summed E-state index contributed by atoms with van der Waals surface area (Å²) in [6.07, 6.45) is 0. The fraction of sp³-hybridized carbons (Fsp3) is 0.500. The first-order valence-electron chi connectivity index (χ1n) is 7.23. The molecule has 1 atom stereocenters. The first kappa shape index (κ1) is 16.3. The van der Waals surface area contributed by atoms with E-state index in [0.717, 1.165) is 0 Å². The Hall–Kier alpha value is -2.11. The molecule has 22 heavy (non-hydrogen) atoms. The molecule has 120 valence electrons. The van der Waals surface area contributed by atoms with Crippen LogP contribution in [0.15, 0.2) is 24.3 Å². The molecule has 0 saturated carbocycles. The fourth-order valence-corrected chi connectivity index (χ4v) is 2.81. The van der Waals surface area contributed by atoms with Crippen molar-refractivity contribution in [1.82, 2.24) is 9.80 Å². The van der Waals surface area contributed by atoms with Crippen LogP contribution in [0, 0.1) is 11.2 Å². The quantitative estimate of drug-likeness (QED) is 0.930. The summed E-state index contributed by atoms with van der Waals surface area (Å²) in [6, 6.07) is 4.88. The third kappa shape index (κ3) is 3.37. The Morgan fingerprint density at radius 1 is 1.36 bits per heavy atom. The van der Waals surface area contributed by atoms with Gasteiger partial charge in [0.25, 0.3) is 0 Å². The van der Waals surface area contributed by atoms with Gasteiger partial charge in [0, 0.05) is 19.6 Å². The summed E-state index contributed by atoms with van der Waals surface area (Å²) in [5.41, 5.74) is 0.133. The van der Waals surface area contributed by atoms with Gasteiger partial charge in [0.05, 0.1) is 0 Å². The third-order valence-electron chi connectivity index (χ3n) is 3.76. The number of carboxylic acids is 1. The molecular formula is C16H21FN2O3. The van der Waals surface area contributed by atoms with Gasteiger partial charge >= 0.3 is 12.0 Å². The summed E-state index contributed by atoms with van der Waals surface area (Å²) in [5, 5.41) is 9.44. The highest BCUT2D eigenvalue weighted by molar-refractivity contribution is 5.84. The summed E-state index contributed by atoms with van der Waals surface area (Å²) in [4.78, 5) is 27.0. The maximum atomic E-state index is 13.2. The van der Waals surface area contributed by atoms with E-state index < -0.39 is 17.4 Å². The van der Waals surface area contributed by atoms with Crippen molar-refractivity contribution in [1.29, 1.82) is 0 Å². The second-order valence-corrected chi connectivity index (χ2v) is 6.63. The van der Waals surface area contributed by atoms with E-state index in [1.54, 1.807) is 37.8 Å². The minimum Gasteiger partial charge on any atom is -0.480 e. The zero-order valence-corrected chi connectivity index (χ0v) is 13.0. The number of rotatable bonds is 4. The number of halogens is 1. The fourth-order valence-electron chi connectivity index (χ4n) is 2.81. The third-order valence-corrected chi connectivity index (χ3v) is 3.76. The minimum atomic E-state index is -1.01. The zero-order chi connectivity index (χ0) is 16.5. The Labute approximate surface area is 129 Å². The summed E-state index contributed by atoms with van der Waals surface area (Å²) >= 11 is 0.